The van der Waals surface area contributed by atoms with Gasteiger partial charge in [0.05, 0.1) is 19.1 Å². The fourth-order valence-electron chi connectivity index (χ4n) is 7.30. The van der Waals surface area contributed by atoms with Gasteiger partial charge in [-0.05, 0) is 30.2 Å². The molecule has 0 bridgehead atoms. The van der Waals surface area contributed by atoms with E-state index in [1.165, 1.54) is 4.90 Å². The van der Waals surface area contributed by atoms with E-state index in [-0.39, 0.29) is 37.7 Å². The number of hydrogen-bond donors (Lipinski definition) is 9. The van der Waals surface area contributed by atoms with E-state index in [9.17, 15) is 58.5 Å². The van der Waals surface area contributed by atoms with E-state index in [0.29, 0.717) is 0 Å². The average molecular weight is 863 g/mol. The van der Waals surface area contributed by atoms with Crippen molar-refractivity contribution < 1.29 is 63.2 Å². The molecule has 19 nitrogen and oxygen atoms in total. The number of hydrogen-bond acceptors (Lipinski definition) is 11. The summed E-state index contributed by atoms with van der Waals surface area (Å²) in [6.07, 6.45) is 1.91. The van der Waals surface area contributed by atoms with Crippen molar-refractivity contribution in [1.29, 1.82) is 0 Å². The first-order valence-corrected chi connectivity index (χ1v) is 20.7. The number of carboxylic acids is 3. The quantitative estimate of drug-likeness (QED) is 0.0683. The predicted octanol–water partition coefficient (Wildman–Crippen LogP) is 0.597. The summed E-state index contributed by atoms with van der Waals surface area (Å²) in [6, 6.07) is 1.02. The lowest BCUT2D eigenvalue weighted by Crippen LogP contribution is -2.60. The van der Waals surface area contributed by atoms with Gasteiger partial charge in [-0.25, -0.2) is 4.79 Å². The molecule has 1 saturated carbocycles. The summed E-state index contributed by atoms with van der Waals surface area (Å²) in [5.41, 5.74) is 0.847. The largest absolute Gasteiger partial charge is 0.481 e. The van der Waals surface area contributed by atoms with E-state index in [2.05, 4.69) is 39.2 Å². The van der Waals surface area contributed by atoms with Crippen LogP contribution in [0.2, 0.25) is 0 Å². The second kappa shape index (κ2) is 24.1. The molecule has 7 unspecified atom stereocenters. The third-order valence-electron chi connectivity index (χ3n) is 10.5. The Morgan fingerprint density at radius 2 is 1.40 bits per heavy atom. The van der Waals surface area contributed by atoms with Crippen LogP contribution in [0, 0.1) is 11.8 Å². The van der Waals surface area contributed by atoms with Crippen LogP contribution in [0.5, 0.6) is 0 Å². The lowest BCUT2D eigenvalue weighted by atomic mass is 9.84. The monoisotopic (exact) mass is 862 g/mol. The zero-order valence-electron chi connectivity index (χ0n) is 34.1. The summed E-state index contributed by atoms with van der Waals surface area (Å²) in [7, 11) is 0. The molecule has 60 heavy (non-hydrogen) atoms. The molecule has 1 aromatic rings. The number of carboxylic acid groups (broad SMARTS) is 3. The van der Waals surface area contributed by atoms with Crippen LogP contribution in [0.15, 0.2) is 30.3 Å². The first kappa shape index (κ1) is 49.1. The van der Waals surface area contributed by atoms with Crippen LogP contribution in [0.25, 0.3) is 0 Å². The lowest BCUT2D eigenvalue weighted by molar-refractivity contribution is -0.145. The summed E-state index contributed by atoms with van der Waals surface area (Å²) >= 11 is 4.03. The summed E-state index contributed by atoms with van der Waals surface area (Å²) < 4.78 is 6.10. The van der Waals surface area contributed by atoms with Gasteiger partial charge in [0.15, 0.2) is 0 Å². The number of likely N-dealkylation sites (tertiary alicyclic amines) is 1. The van der Waals surface area contributed by atoms with Gasteiger partial charge in [-0.15, -0.1) is 0 Å². The van der Waals surface area contributed by atoms with Gasteiger partial charge >= 0.3 is 17.9 Å². The Morgan fingerprint density at radius 3 is 1.97 bits per heavy atom. The van der Waals surface area contributed by atoms with Crippen molar-refractivity contribution in [3.63, 3.8) is 0 Å². The Hall–Kier alpha value is -5.24. The Morgan fingerprint density at radius 1 is 0.783 bits per heavy atom. The molecule has 6 amide bonds. The molecule has 1 heterocycles. The molecule has 332 valence electrons. The number of rotatable bonds is 23. The zero-order valence-corrected chi connectivity index (χ0v) is 35.0. The highest BCUT2D eigenvalue weighted by atomic mass is 32.1. The van der Waals surface area contributed by atoms with Gasteiger partial charge < -0.3 is 51.5 Å². The number of thiol groups is 1. The number of benzene rings is 1. The van der Waals surface area contributed by atoms with Crippen molar-refractivity contribution in [2.24, 2.45) is 11.8 Å². The Bertz CT molecular complexity index is 1680. The molecule has 1 aliphatic carbocycles. The molecule has 3 rings (SSSR count). The van der Waals surface area contributed by atoms with Crippen LogP contribution >= 0.6 is 12.6 Å². The molecule has 7 atom stereocenters. The van der Waals surface area contributed by atoms with Gasteiger partial charge in [0.25, 0.3) is 0 Å². The molecular formula is C40H58N6O13S. The van der Waals surface area contributed by atoms with E-state index in [4.69, 9.17) is 4.74 Å². The normalized spacial score (nSPS) is 19.2. The SMILES string of the molecule is CC(=O)NC(CC(=O)O)C(=O)NC(CCC(=O)O)C(=O)NC(CC1CCCCC1)C(=O)NC(C(=O)N1CC(OCc2ccccc2)CC1C(=O)NC(CS)C(=O)O)C(C)C. The van der Waals surface area contributed by atoms with E-state index >= 15 is 0 Å². The third-order valence-corrected chi connectivity index (χ3v) is 10.8. The molecule has 2 aliphatic rings. The van der Waals surface area contributed by atoms with Crippen LogP contribution in [0.3, 0.4) is 0 Å². The van der Waals surface area contributed by atoms with E-state index in [1.807, 2.05) is 30.3 Å². The highest BCUT2D eigenvalue weighted by molar-refractivity contribution is 7.80. The molecule has 0 spiro atoms. The maximum Gasteiger partial charge on any atom is 0.327 e. The highest BCUT2D eigenvalue weighted by Gasteiger charge is 2.44. The number of amides is 6. The maximum atomic E-state index is 14.5. The van der Waals surface area contributed by atoms with Gasteiger partial charge in [-0.3, -0.25) is 38.4 Å². The van der Waals surface area contributed by atoms with Crippen molar-refractivity contribution in [1.82, 2.24) is 31.5 Å². The van der Waals surface area contributed by atoms with Crippen molar-refractivity contribution >= 4 is 66.0 Å². The number of carbonyl (C=O) groups excluding carboxylic acids is 6. The second-order valence-corrected chi connectivity index (χ2v) is 16.0. The number of ether oxygens (including phenoxy) is 1. The van der Waals surface area contributed by atoms with Gasteiger partial charge in [-0.2, -0.15) is 12.6 Å². The first-order valence-electron chi connectivity index (χ1n) is 20.1. The number of nitrogens with one attached hydrogen (secondary N) is 5. The van der Waals surface area contributed by atoms with Crippen molar-refractivity contribution in [2.45, 2.75) is 134 Å². The van der Waals surface area contributed by atoms with Crippen molar-refractivity contribution in [3.8, 4) is 0 Å². The fraction of sp³-hybridized carbons (Fsp3) is 0.625. The molecule has 0 aromatic heterocycles. The Labute approximate surface area is 353 Å². The van der Waals surface area contributed by atoms with Gasteiger partial charge in [0.1, 0.15) is 36.3 Å². The van der Waals surface area contributed by atoms with Gasteiger partial charge in [0, 0.05) is 32.1 Å². The molecule has 2 fully saturated rings. The third kappa shape index (κ3) is 15.7. The summed E-state index contributed by atoms with van der Waals surface area (Å²) in [5.74, 6) is -9.72. The van der Waals surface area contributed by atoms with Gasteiger partial charge in [0.2, 0.25) is 35.4 Å². The summed E-state index contributed by atoms with van der Waals surface area (Å²) in [4.78, 5) is 117. The number of aliphatic carboxylic acids is 3. The topological polar surface area (TPSA) is 287 Å². The Kier molecular flexibility index (Phi) is 19.8. The van der Waals surface area contributed by atoms with Crippen LogP contribution in [-0.2, 0) is 54.5 Å². The fourth-order valence-corrected chi connectivity index (χ4v) is 7.54. The standard InChI is InChI=1S/C40H58N6O13S/c1-22(2)34(39(56)46-19-26(59-20-25-12-8-5-9-13-25)17-31(46)38(55)44-30(21-60)40(57)58)45-37(54)28(16-24-10-6-4-7-11-24)43-35(52)27(14-15-32(48)49)42-36(53)29(18-33(50)51)41-23(3)47/h5,8-9,12-13,22,24,26-31,34,60H,4,6-7,10-11,14-21H2,1-3H3,(H,41,47)(H,42,53)(H,43,52)(H,44,55)(H,45,54)(H,48,49)(H,50,51)(H,57,58). The summed E-state index contributed by atoms with van der Waals surface area (Å²) in [5, 5.41) is 40.6. The second-order valence-electron chi connectivity index (χ2n) is 15.6. The molecule has 8 N–H and O–H groups in total. The van der Waals surface area contributed by atoms with E-state index in [1.54, 1.807) is 13.8 Å². The Balaban J connectivity index is 1.90. The molecule has 0 radical (unpaired) electrons. The van der Waals surface area contributed by atoms with E-state index < -0.39 is 121 Å². The smallest absolute Gasteiger partial charge is 0.327 e. The van der Waals surface area contributed by atoms with Crippen molar-refractivity contribution in [3.05, 3.63) is 35.9 Å². The number of nitrogens with zero attached hydrogens (tertiary/aromatic N) is 1. The minimum Gasteiger partial charge on any atom is -0.481 e. The minimum absolute atomic E-state index is 0.0158. The predicted molar refractivity (Wildman–Crippen MR) is 217 cm³/mol. The van der Waals surface area contributed by atoms with Crippen LogP contribution < -0.4 is 26.6 Å². The van der Waals surface area contributed by atoms with Crippen molar-refractivity contribution in [2.75, 3.05) is 12.3 Å². The highest BCUT2D eigenvalue weighted by Crippen LogP contribution is 2.28. The first-order chi connectivity index (χ1) is 28.4. The number of carbonyl (C=O) groups is 9. The lowest BCUT2D eigenvalue weighted by Gasteiger charge is -2.33. The molecule has 20 heteroatoms. The van der Waals surface area contributed by atoms with Gasteiger partial charge in [-0.1, -0.05) is 76.3 Å². The van der Waals surface area contributed by atoms with Crippen LogP contribution in [-0.4, -0.2) is 128 Å². The molecule has 1 aromatic carbocycles. The summed E-state index contributed by atoms with van der Waals surface area (Å²) in [6.45, 7) is 4.53. The molecule has 1 aliphatic heterocycles. The van der Waals surface area contributed by atoms with E-state index in [0.717, 1.165) is 44.6 Å². The van der Waals surface area contributed by atoms with Crippen LogP contribution in [0.1, 0.15) is 90.5 Å². The molecular weight excluding hydrogens is 805 g/mol. The maximum absolute atomic E-state index is 14.5. The van der Waals surface area contributed by atoms with Crippen LogP contribution in [0.4, 0.5) is 0 Å². The average Bonchev–Trinajstić information content (AvgIpc) is 3.63. The minimum atomic E-state index is -1.59. The zero-order chi connectivity index (χ0) is 44.5. The molecule has 1 saturated heterocycles.